The molecule has 0 aliphatic carbocycles. The van der Waals surface area contributed by atoms with Gasteiger partial charge in [-0.05, 0) is 179 Å². The van der Waals surface area contributed by atoms with Crippen LogP contribution in [0.2, 0.25) is 0 Å². The minimum absolute atomic E-state index is 0.559. The molecule has 0 fully saturated rings. The number of hydrogen-bond acceptors (Lipinski definition) is 12. The van der Waals surface area contributed by atoms with Crippen LogP contribution in [0.3, 0.4) is 0 Å². The molecule has 6 heterocycles. The van der Waals surface area contributed by atoms with E-state index in [1.54, 1.807) is 0 Å². The van der Waals surface area contributed by atoms with E-state index in [0.717, 1.165) is 194 Å². The van der Waals surface area contributed by atoms with Crippen LogP contribution >= 0.6 is 0 Å². The van der Waals surface area contributed by atoms with E-state index in [4.69, 9.17) is 58.7 Å². The van der Waals surface area contributed by atoms with Crippen molar-refractivity contribution in [3.63, 3.8) is 0 Å². The van der Waals surface area contributed by atoms with Gasteiger partial charge in [-0.3, -0.25) is 0 Å². The quantitative estimate of drug-likeness (QED) is 0.0952. The van der Waals surface area contributed by atoms with Crippen LogP contribution in [0.1, 0.15) is 0 Å². The zero-order valence-electron chi connectivity index (χ0n) is 67.7. The summed E-state index contributed by atoms with van der Waals surface area (Å²) in [5, 5.41) is 5.34. The maximum atomic E-state index is 6.29. The van der Waals surface area contributed by atoms with E-state index in [2.05, 4.69) is 297 Å². The first-order valence-corrected chi connectivity index (χ1v) is 42.0. The molecule has 0 amide bonds. The van der Waals surface area contributed by atoms with Crippen LogP contribution in [0, 0.1) is 0 Å². The summed E-state index contributed by atoms with van der Waals surface area (Å²) in [6, 6.07) is 147. The Bertz CT molecular complexity index is 8300. The van der Waals surface area contributed by atoms with Crippen LogP contribution in [0.5, 0.6) is 0 Å². The molecule has 0 aliphatic rings. The fraction of sp³-hybridized carbons (Fsp3) is 0. The average molecular weight is 1610 g/mol. The fourth-order valence-electron chi connectivity index (χ4n) is 17.0. The Kier molecular flexibility index (Phi) is 18.6. The predicted molar refractivity (Wildman–Crippen MR) is 512 cm³/mol. The lowest BCUT2D eigenvalue weighted by Crippen LogP contribution is -2.00. The number of nitrogens with zero attached hydrogens (tertiary/aromatic N) is 10. The lowest BCUT2D eigenvalue weighted by molar-refractivity contribution is 0.655. The normalized spacial score (nSPS) is 11.5. The molecule has 0 saturated carbocycles. The van der Waals surface area contributed by atoms with E-state index in [-0.39, 0.29) is 0 Å². The number of aromatic nitrogens is 10. The minimum atomic E-state index is 0.559. The molecule has 18 aromatic carbocycles. The van der Waals surface area contributed by atoms with Gasteiger partial charge in [-0.25, -0.2) is 49.8 Å². The minimum Gasteiger partial charge on any atom is -0.454 e. The number of fused-ring (bicyclic) bond motifs is 12. The molecule has 126 heavy (non-hydrogen) atoms. The highest BCUT2D eigenvalue weighted by atomic mass is 16.3. The number of benzene rings is 18. The van der Waals surface area contributed by atoms with Gasteiger partial charge in [0, 0.05) is 44.2 Å². The summed E-state index contributed by atoms with van der Waals surface area (Å²) in [4.78, 5) is 49.8. The third-order valence-corrected chi connectivity index (χ3v) is 23.5. The molecule has 0 radical (unpaired) electrons. The van der Waals surface area contributed by atoms with Gasteiger partial charge in [0.1, 0.15) is 22.2 Å². The maximum absolute atomic E-state index is 6.29. The van der Waals surface area contributed by atoms with Crippen molar-refractivity contribution in [2.45, 2.75) is 0 Å². The first kappa shape index (κ1) is 73.9. The van der Waals surface area contributed by atoms with Crippen LogP contribution in [0.25, 0.3) is 245 Å². The molecular formula is C114H70N10O2. The third-order valence-electron chi connectivity index (χ3n) is 23.5. The zero-order chi connectivity index (χ0) is 83.4. The van der Waals surface area contributed by atoms with Crippen molar-refractivity contribution in [1.29, 1.82) is 0 Å². The van der Waals surface area contributed by atoms with Crippen molar-refractivity contribution >= 4 is 88.0 Å². The van der Waals surface area contributed by atoms with Gasteiger partial charge in [0.15, 0.2) is 40.5 Å². The van der Waals surface area contributed by atoms with Gasteiger partial charge in [0.05, 0.1) is 33.0 Å². The second-order valence-corrected chi connectivity index (χ2v) is 31.4. The Balaban J connectivity index is 0.000000145. The van der Waals surface area contributed by atoms with Gasteiger partial charge in [-0.2, -0.15) is 0 Å². The second kappa shape index (κ2) is 31.7. The maximum Gasteiger partial charge on any atom is 0.246 e. The predicted octanol–water partition coefficient (Wildman–Crippen LogP) is 29.1. The van der Waals surface area contributed by atoms with E-state index < -0.39 is 0 Å². The van der Waals surface area contributed by atoms with Crippen molar-refractivity contribution in [3.05, 3.63) is 425 Å². The molecule has 12 nitrogen and oxygen atoms in total. The monoisotopic (exact) mass is 1610 g/mol. The highest BCUT2D eigenvalue weighted by Crippen LogP contribution is 2.41. The molecule has 0 spiro atoms. The number of para-hydroxylation sites is 3. The van der Waals surface area contributed by atoms with Crippen molar-refractivity contribution in [1.82, 2.24) is 49.8 Å². The summed E-state index contributed by atoms with van der Waals surface area (Å²) in [6.45, 7) is 0. The van der Waals surface area contributed by atoms with Gasteiger partial charge in [-0.1, -0.05) is 346 Å². The molecule has 0 saturated heterocycles. The van der Waals surface area contributed by atoms with Gasteiger partial charge in [0.2, 0.25) is 5.71 Å². The third kappa shape index (κ3) is 14.3. The molecule has 0 atom stereocenters. The van der Waals surface area contributed by atoms with E-state index >= 15 is 0 Å². The van der Waals surface area contributed by atoms with E-state index in [9.17, 15) is 0 Å². The highest BCUT2D eigenvalue weighted by Gasteiger charge is 2.21. The number of rotatable bonds is 14. The van der Waals surface area contributed by atoms with Crippen molar-refractivity contribution in [2.75, 3.05) is 0 Å². The number of hydrogen-bond donors (Lipinski definition) is 0. The molecule has 0 unspecified atom stereocenters. The lowest BCUT2D eigenvalue weighted by Gasteiger charge is -2.11. The summed E-state index contributed by atoms with van der Waals surface area (Å²) in [6.07, 6.45) is 0. The van der Waals surface area contributed by atoms with E-state index in [0.29, 0.717) is 40.7 Å². The largest absolute Gasteiger partial charge is 0.454 e. The summed E-state index contributed by atoms with van der Waals surface area (Å²) in [7, 11) is 0. The van der Waals surface area contributed by atoms with Crippen LogP contribution in [-0.2, 0) is 0 Å². The second-order valence-electron chi connectivity index (χ2n) is 31.4. The SMILES string of the molecule is c1ccc(-c2ccc(-c3nc(-c4ccccc4)nc(-c4cccc(-c5cccc(-c6ccc(-c7ccc8c(ccc9oc%10nc%11ccccc%11nc%10c98)c7)cc6)c5)c4)n3)cc2)cc1.c1ccc(-c2ccc(-c3nc(-c4ccccc4)nc(-c4cccc(-c5cccc(-c6ccc(-c7ccc8nc9ccc%10c%11ccccc%11oc%10c9nc8c7)cc6)c5)c4)n3)cc2)cc1. The Morgan fingerprint density at radius 3 is 0.960 bits per heavy atom. The summed E-state index contributed by atoms with van der Waals surface area (Å²) in [5.74, 6) is 3.77. The summed E-state index contributed by atoms with van der Waals surface area (Å²) >= 11 is 0. The molecule has 12 heteroatoms. The van der Waals surface area contributed by atoms with Crippen LogP contribution < -0.4 is 0 Å². The standard InChI is InChI=1S/2C57H35N5O/c1-3-11-36(12-4-1)37-25-27-41(28-26-37)55-60-54(40-13-5-2-6-14-40)61-56(62-55)47-18-10-17-44(35-47)43-16-9-15-42(33-43)38-21-23-39(24-22-38)45-29-31-48-46(34-45)30-32-51-52(48)53-57(63-51)59-50-20-8-7-19-49(50)58-53;1-3-11-36(12-4-1)37-25-27-41(28-26-37)56-60-55(40-13-5-2-6-14-40)61-57(62-56)46-18-10-17-44(34-46)43-16-9-15-42(33-43)38-21-23-39(24-22-38)45-29-31-49-51(35-45)59-53-50(58-49)32-30-48-47-19-7-8-20-52(47)63-54(48)53/h2*1-35H. The number of furan rings is 2. The van der Waals surface area contributed by atoms with E-state index in [1.165, 1.54) is 11.1 Å². The molecule has 588 valence electrons. The van der Waals surface area contributed by atoms with Gasteiger partial charge >= 0.3 is 0 Å². The van der Waals surface area contributed by atoms with Crippen molar-refractivity contribution in [3.8, 4) is 157 Å². The molecular weight excluding hydrogens is 1540 g/mol. The van der Waals surface area contributed by atoms with E-state index in [1.807, 2.05) is 127 Å². The Labute approximate surface area is 724 Å². The Morgan fingerprint density at radius 1 is 0.151 bits per heavy atom. The van der Waals surface area contributed by atoms with Crippen LogP contribution in [-0.4, -0.2) is 49.8 Å². The Morgan fingerprint density at radius 2 is 0.468 bits per heavy atom. The van der Waals surface area contributed by atoms with Gasteiger partial charge in [-0.15, -0.1) is 0 Å². The molecule has 6 aromatic heterocycles. The molecule has 0 bridgehead atoms. The highest BCUT2D eigenvalue weighted by molar-refractivity contribution is 6.18. The first-order valence-electron chi connectivity index (χ1n) is 42.0. The van der Waals surface area contributed by atoms with Gasteiger partial charge < -0.3 is 8.83 Å². The van der Waals surface area contributed by atoms with Gasteiger partial charge in [0.25, 0.3) is 0 Å². The first-order chi connectivity index (χ1) is 62.3. The summed E-state index contributed by atoms with van der Waals surface area (Å²) < 4.78 is 12.5. The molecule has 0 aliphatic heterocycles. The average Bonchev–Trinajstić information content (AvgIpc) is 1.61. The smallest absolute Gasteiger partial charge is 0.246 e. The van der Waals surface area contributed by atoms with Crippen LogP contribution in [0.15, 0.2) is 433 Å². The zero-order valence-corrected chi connectivity index (χ0v) is 67.7. The molecule has 24 aromatic rings. The Hall–Kier alpha value is -17.2. The topological polar surface area (TPSA) is 155 Å². The molecule has 24 rings (SSSR count). The lowest BCUT2D eigenvalue weighted by atomic mass is 9.95. The van der Waals surface area contributed by atoms with Crippen molar-refractivity contribution < 1.29 is 8.83 Å². The van der Waals surface area contributed by atoms with Crippen LogP contribution in [0.4, 0.5) is 0 Å². The molecule has 0 N–H and O–H groups in total. The van der Waals surface area contributed by atoms with Crippen molar-refractivity contribution in [2.24, 2.45) is 0 Å². The summed E-state index contributed by atoms with van der Waals surface area (Å²) in [5.41, 5.74) is 32.3. The fourth-order valence-corrected chi connectivity index (χ4v) is 17.0.